The number of carboxylic acids is 1. The Morgan fingerprint density at radius 3 is 2.12 bits per heavy atom. The number of anilines is 1. The Hall–Kier alpha value is -5.90. The third-order valence-corrected chi connectivity index (χ3v) is 6.28. The Morgan fingerprint density at radius 2 is 1.43 bits per heavy atom. The molecule has 0 fully saturated rings. The van der Waals surface area contributed by atoms with Crippen molar-refractivity contribution in [3.05, 3.63) is 115 Å². The number of hydrogen-bond donors (Lipinski definition) is 2. The first-order valence-electron chi connectivity index (χ1n) is 12.9. The number of rotatable bonds is 9. The zero-order valence-corrected chi connectivity index (χ0v) is 22.5. The Bertz CT molecular complexity index is 1780. The Morgan fingerprint density at radius 1 is 0.810 bits per heavy atom. The van der Waals surface area contributed by atoms with Gasteiger partial charge in [-0.05, 0) is 24.3 Å². The minimum absolute atomic E-state index is 0.0275. The van der Waals surface area contributed by atoms with Gasteiger partial charge < -0.3 is 15.2 Å². The van der Waals surface area contributed by atoms with E-state index in [0.29, 0.717) is 34.0 Å². The van der Waals surface area contributed by atoms with E-state index >= 15 is 0 Å². The molecule has 0 bridgehead atoms. The van der Waals surface area contributed by atoms with E-state index in [1.165, 1.54) is 19.2 Å². The number of carbonyl (C=O) groups excluding carboxylic acids is 2. The molecule has 0 unspecified atom stereocenters. The van der Waals surface area contributed by atoms with Crippen molar-refractivity contribution >= 4 is 34.8 Å². The summed E-state index contributed by atoms with van der Waals surface area (Å²) in [7, 11) is 1.49. The fourth-order valence-electron chi connectivity index (χ4n) is 4.33. The molecule has 208 valence electrons. The summed E-state index contributed by atoms with van der Waals surface area (Å²) in [5.74, 6) is -1.86. The number of nitrogens with zero attached hydrogens (tertiary/aromatic N) is 4. The molecule has 4 aromatic carbocycles. The summed E-state index contributed by atoms with van der Waals surface area (Å²) in [5.41, 5.74) is 2.68. The third-order valence-electron chi connectivity index (χ3n) is 6.28. The van der Waals surface area contributed by atoms with Crippen LogP contribution in [-0.2, 0) is 4.79 Å². The normalized spacial score (nSPS) is 10.9. The molecule has 0 aliphatic heterocycles. The van der Waals surface area contributed by atoms with E-state index in [1.807, 2.05) is 36.4 Å². The zero-order valence-electron chi connectivity index (χ0n) is 22.5. The molecule has 0 atom stereocenters. The molecular formula is C32H25N5O5. The smallest absolute Gasteiger partial charge is 0.337 e. The second-order valence-electron chi connectivity index (χ2n) is 9.03. The average molecular weight is 560 g/mol. The lowest BCUT2D eigenvalue weighted by Crippen LogP contribution is -2.22. The molecule has 1 aromatic heterocycles. The fraction of sp³-hybridized carbons (Fsp3) is 0.0625. The van der Waals surface area contributed by atoms with Gasteiger partial charge in [-0.1, -0.05) is 84.9 Å². The van der Waals surface area contributed by atoms with E-state index in [2.05, 4.69) is 20.6 Å². The van der Waals surface area contributed by atoms with E-state index < -0.39 is 24.2 Å². The van der Waals surface area contributed by atoms with E-state index in [-0.39, 0.29) is 16.9 Å². The topological polar surface area (TPSA) is 135 Å². The summed E-state index contributed by atoms with van der Waals surface area (Å²) in [6.45, 7) is 0. The molecule has 0 radical (unpaired) electrons. The molecule has 0 aliphatic rings. The van der Waals surface area contributed by atoms with Crippen LogP contribution in [-0.4, -0.2) is 39.8 Å². The molecule has 10 nitrogen and oxygen atoms in total. The highest BCUT2D eigenvalue weighted by Crippen LogP contribution is 2.40. The van der Waals surface area contributed by atoms with Crippen LogP contribution >= 0.6 is 0 Å². The maximum absolute atomic E-state index is 13.7. The lowest BCUT2D eigenvalue weighted by Gasteiger charge is -2.10. The average Bonchev–Trinajstić information content (AvgIpc) is 3.41. The van der Waals surface area contributed by atoms with Gasteiger partial charge in [0.1, 0.15) is 34.9 Å². The van der Waals surface area contributed by atoms with Gasteiger partial charge in [0.25, 0.3) is 5.91 Å². The molecule has 0 aliphatic carbocycles. The van der Waals surface area contributed by atoms with Crippen LogP contribution in [0.2, 0.25) is 0 Å². The number of aromatic nitrogens is 2. The highest BCUT2D eigenvalue weighted by Gasteiger charge is 2.26. The zero-order chi connectivity index (χ0) is 29.5. The van der Waals surface area contributed by atoms with Crippen molar-refractivity contribution in [1.29, 1.82) is 0 Å². The van der Waals surface area contributed by atoms with Crippen LogP contribution in [0.25, 0.3) is 22.5 Å². The molecule has 1 heterocycles. The van der Waals surface area contributed by atoms with Crippen LogP contribution in [0, 0.1) is 0 Å². The number of methoxy groups -OCH3 is 1. The van der Waals surface area contributed by atoms with Crippen molar-refractivity contribution in [3.63, 3.8) is 0 Å². The minimum Gasteiger partial charge on any atom is -0.495 e. The van der Waals surface area contributed by atoms with E-state index in [4.69, 9.17) is 4.74 Å². The van der Waals surface area contributed by atoms with Gasteiger partial charge in [-0.15, -0.1) is 10.2 Å². The van der Waals surface area contributed by atoms with Crippen LogP contribution in [0.5, 0.6) is 5.75 Å². The number of amides is 1. The number of hydrogen-bond acceptors (Lipinski definition) is 7. The lowest BCUT2D eigenvalue weighted by molar-refractivity contribution is -0.115. The lowest BCUT2D eigenvalue weighted by atomic mass is 10.1. The van der Waals surface area contributed by atoms with E-state index in [1.54, 1.807) is 60.7 Å². The first kappa shape index (κ1) is 27.7. The molecule has 10 heteroatoms. The predicted octanol–water partition coefficient (Wildman–Crippen LogP) is 7.01. The van der Waals surface area contributed by atoms with E-state index in [9.17, 15) is 19.5 Å². The highest BCUT2D eigenvalue weighted by molar-refractivity contribution is 6.06. The monoisotopic (exact) mass is 559 g/mol. The summed E-state index contributed by atoms with van der Waals surface area (Å²) < 4.78 is 6.44. The molecule has 0 saturated carbocycles. The van der Waals surface area contributed by atoms with Gasteiger partial charge in [0.15, 0.2) is 0 Å². The quantitative estimate of drug-likeness (QED) is 0.147. The van der Waals surface area contributed by atoms with Gasteiger partial charge >= 0.3 is 5.97 Å². The number of azo groups is 1. The maximum atomic E-state index is 13.7. The number of carbonyl (C=O) groups is 3. The number of nitrogens with one attached hydrogen (secondary N) is 1. The first-order chi connectivity index (χ1) is 20.5. The van der Waals surface area contributed by atoms with Crippen molar-refractivity contribution in [2.24, 2.45) is 10.2 Å². The van der Waals surface area contributed by atoms with Crippen LogP contribution < -0.4 is 10.1 Å². The summed E-state index contributed by atoms with van der Waals surface area (Å²) in [5, 5.41) is 25.7. The molecule has 2 N–H and O–H groups in total. The van der Waals surface area contributed by atoms with Gasteiger partial charge in [0, 0.05) is 11.1 Å². The third kappa shape index (κ3) is 5.97. The molecular weight excluding hydrogens is 534 g/mol. The second kappa shape index (κ2) is 12.5. The molecule has 5 aromatic rings. The summed E-state index contributed by atoms with van der Waals surface area (Å²) in [6, 6.07) is 31.2. The fourth-order valence-corrected chi connectivity index (χ4v) is 4.33. The van der Waals surface area contributed by atoms with Crippen LogP contribution in [0.15, 0.2) is 119 Å². The number of ether oxygens (including phenoxy) is 1. The van der Waals surface area contributed by atoms with Crippen LogP contribution in [0.4, 0.5) is 17.1 Å². The minimum atomic E-state index is -1.15. The largest absolute Gasteiger partial charge is 0.495 e. The Labute approximate surface area is 240 Å². The summed E-state index contributed by atoms with van der Waals surface area (Å²) >= 11 is 0. The second-order valence-corrected chi connectivity index (χ2v) is 9.03. The standard InChI is InChI=1S/C32H25N5O5/c1-42-26-19-11-10-18-25(26)33-27(38)20-28(39)37-31(22-14-6-3-7-15-22)30(29(36-37)21-12-4-2-5-13-21)35-34-24-17-9-8-16-23(24)32(40)41/h2-19H,20H2,1H3,(H,33,38)(H,40,41). The van der Waals surface area contributed by atoms with Crippen molar-refractivity contribution in [2.45, 2.75) is 6.42 Å². The van der Waals surface area contributed by atoms with Gasteiger partial charge in [-0.2, -0.15) is 9.78 Å². The Balaban J connectivity index is 1.61. The van der Waals surface area contributed by atoms with Gasteiger partial charge in [-0.25, -0.2) is 4.79 Å². The van der Waals surface area contributed by atoms with Crippen molar-refractivity contribution in [1.82, 2.24) is 9.78 Å². The van der Waals surface area contributed by atoms with Crippen LogP contribution in [0.1, 0.15) is 21.6 Å². The molecule has 0 saturated heterocycles. The first-order valence-corrected chi connectivity index (χ1v) is 12.9. The highest BCUT2D eigenvalue weighted by atomic mass is 16.5. The number of para-hydroxylation sites is 2. The molecule has 5 rings (SSSR count). The predicted molar refractivity (Wildman–Crippen MR) is 158 cm³/mol. The molecule has 42 heavy (non-hydrogen) atoms. The van der Waals surface area contributed by atoms with Crippen molar-refractivity contribution in [3.8, 4) is 28.3 Å². The maximum Gasteiger partial charge on any atom is 0.337 e. The SMILES string of the molecule is COc1ccccc1NC(=O)CC(=O)n1nc(-c2ccccc2)c(N=Nc2ccccc2C(=O)O)c1-c1ccccc1. The van der Waals surface area contributed by atoms with Gasteiger partial charge in [0.05, 0.1) is 18.4 Å². The molecule has 1 amide bonds. The van der Waals surface area contributed by atoms with Crippen molar-refractivity contribution in [2.75, 3.05) is 12.4 Å². The van der Waals surface area contributed by atoms with Crippen LogP contribution in [0.3, 0.4) is 0 Å². The van der Waals surface area contributed by atoms with E-state index in [0.717, 1.165) is 4.68 Å². The number of aromatic carboxylic acids is 1. The Kier molecular flexibility index (Phi) is 8.24. The van der Waals surface area contributed by atoms with Gasteiger partial charge in [0.2, 0.25) is 5.91 Å². The summed E-state index contributed by atoms with van der Waals surface area (Å²) in [4.78, 5) is 38.4. The van der Waals surface area contributed by atoms with Gasteiger partial charge in [-0.3, -0.25) is 9.59 Å². The number of benzene rings is 4. The molecule has 0 spiro atoms. The number of carboxylic acid groups (broad SMARTS) is 1. The summed E-state index contributed by atoms with van der Waals surface area (Å²) in [6.07, 6.45) is -0.522. The van der Waals surface area contributed by atoms with Crippen molar-refractivity contribution < 1.29 is 24.2 Å².